The Bertz CT molecular complexity index is 448. The predicted octanol–water partition coefficient (Wildman–Crippen LogP) is 0.817. The van der Waals surface area contributed by atoms with E-state index in [-0.39, 0.29) is 18.2 Å². The average Bonchev–Trinajstić information content (AvgIpc) is 2.32. The van der Waals surface area contributed by atoms with E-state index in [2.05, 4.69) is 5.32 Å². The van der Waals surface area contributed by atoms with E-state index < -0.39 is 4.92 Å². The maximum Gasteiger partial charge on any atom is 0.274 e. The SMILES string of the molecule is Cc1c(NC(=O)COCCN)cccc1[N+](=O)[O-]. The summed E-state index contributed by atoms with van der Waals surface area (Å²) in [5, 5.41) is 13.3. The molecule has 0 aliphatic rings. The molecule has 0 aromatic heterocycles. The van der Waals surface area contributed by atoms with Crippen LogP contribution < -0.4 is 11.1 Å². The van der Waals surface area contributed by atoms with Crippen LogP contribution in [-0.2, 0) is 9.53 Å². The zero-order valence-corrected chi connectivity index (χ0v) is 10.0. The quantitative estimate of drug-likeness (QED) is 0.443. The van der Waals surface area contributed by atoms with E-state index in [9.17, 15) is 14.9 Å². The Morgan fingerprint density at radius 1 is 1.56 bits per heavy atom. The molecular weight excluding hydrogens is 238 g/mol. The summed E-state index contributed by atoms with van der Waals surface area (Å²) in [5.41, 5.74) is 6.00. The number of carbonyl (C=O) groups excluding carboxylic acids is 1. The Morgan fingerprint density at radius 2 is 2.28 bits per heavy atom. The summed E-state index contributed by atoms with van der Waals surface area (Å²) in [4.78, 5) is 21.7. The predicted molar refractivity (Wildman–Crippen MR) is 66.3 cm³/mol. The van der Waals surface area contributed by atoms with Crippen LogP contribution in [0.15, 0.2) is 18.2 Å². The van der Waals surface area contributed by atoms with Gasteiger partial charge in [-0.1, -0.05) is 6.07 Å². The second kappa shape index (κ2) is 6.67. The van der Waals surface area contributed by atoms with Crippen LogP contribution in [0.5, 0.6) is 0 Å². The second-order valence-corrected chi connectivity index (χ2v) is 3.60. The molecule has 1 amide bonds. The van der Waals surface area contributed by atoms with E-state index in [4.69, 9.17) is 10.5 Å². The topological polar surface area (TPSA) is 107 Å². The smallest absolute Gasteiger partial charge is 0.274 e. The van der Waals surface area contributed by atoms with Gasteiger partial charge in [0.25, 0.3) is 5.69 Å². The summed E-state index contributed by atoms with van der Waals surface area (Å²) in [6.07, 6.45) is 0. The summed E-state index contributed by atoms with van der Waals surface area (Å²) in [6.45, 7) is 2.08. The maximum absolute atomic E-state index is 11.5. The van der Waals surface area contributed by atoms with E-state index in [1.54, 1.807) is 13.0 Å². The number of nitrogens with two attached hydrogens (primary N) is 1. The highest BCUT2D eigenvalue weighted by atomic mass is 16.6. The van der Waals surface area contributed by atoms with E-state index >= 15 is 0 Å². The maximum atomic E-state index is 11.5. The Balaban J connectivity index is 2.70. The molecule has 0 saturated heterocycles. The van der Waals surface area contributed by atoms with Crippen molar-refractivity contribution < 1.29 is 14.5 Å². The number of amides is 1. The molecule has 0 unspecified atom stereocenters. The number of ether oxygens (including phenoxy) is 1. The minimum atomic E-state index is -0.490. The van der Waals surface area contributed by atoms with Gasteiger partial charge >= 0.3 is 0 Å². The molecule has 7 nitrogen and oxygen atoms in total. The van der Waals surface area contributed by atoms with E-state index in [0.717, 1.165) is 0 Å². The minimum absolute atomic E-state index is 0.0318. The van der Waals surface area contributed by atoms with Gasteiger partial charge in [-0.2, -0.15) is 0 Å². The van der Waals surface area contributed by atoms with Crippen LogP contribution in [0.3, 0.4) is 0 Å². The van der Waals surface area contributed by atoms with Gasteiger partial charge in [0, 0.05) is 12.6 Å². The van der Waals surface area contributed by atoms with E-state index in [1.807, 2.05) is 0 Å². The van der Waals surface area contributed by atoms with Gasteiger partial charge in [0.05, 0.1) is 22.8 Å². The Labute approximate surface area is 104 Å². The lowest BCUT2D eigenvalue weighted by atomic mass is 10.1. The van der Waals surface area contributed by atoms with E-state index in [1.165, 1.54) is 12.1 Å². The largest absolute Gasteiger partial charge is 0.370 e. The lowest BCUT2D eigenvalue weighted by Gasteiger charge is -2.08. The molecule has 0 atom stereocenters. The number of hydrogen-bond donors (Lipinski definition) is 2. The van der Waals surface area contributed by atoms with E-state index in [0.29, 0.717) is 24.4 Å². The number of carbonyl (C=O) groups is 1. The van der Waals surface area contributed by atoms with Crippen molar-refractivity contribution >= 4 is 17.3 Å². The highest BCUT2D eigenvalue weighted by Crippen LogP contribution is 2.24. The normalized spacial score (nSPS) is 10.1. The molecule has 1 aromatic rings. The number of nitro groups is 1. The van der Waals surface area contributed by atoms with Crippen molar-refractivity contribution in [1.29, 1.82) is 0 Å². The molecule has 0 radical (unpaired) electrons. The second-order valence-electron chi connectivity index (χ2n) is 3.60. The first kappa shape index (κ1) is 14.1. The third kappa shape index (κ3) is 3.79. The van der Waals surface area contributed by atoms with Crippen molar-refractivity contribution in [3.05, 3.63) is 33.9 Å². The van der Waals surface area contributed by atoms with Gasteiger partial charge in [-0.3, -0.25) is 14.9 Å². The van der Waals surface area contributed by atoms with Crippen LogP contribution in [-0.4, -0.2) is 30.6 Å². The molecule has 0 saturated carbocycles. The number of anilines is 1. The van der Waals surface area contributed by atoms with Gasteiger partial charge in [0.2, 0.25) is 5.91 Å². The average molecular weight is 253 g/mol. The summed E-state index contributed by atoms with van der Waals surface area (Å²) in [6, 6.07) is 4.50. The van der Waals surface area contributed by atoms with Crippen molar-refractivity contribution in [3.8, 4) is 0 Å². The van der Waals surface area contributed by atoms with Crippen molar-refractivity contribution in [2.24, 2.45) is 5.73 Å². The Kier molecular flexibility index (Phi) is 5.22. The summed E-state index contributed by atoms with van der Waals surface area (Å²) >= 11 is 0. The first-order valence-electron chi connectivity index (χ1n) is 5.38. The molecule has 1 rings (SSSR count). The van der Waals surface area contributed by atoms with Crippen molar-refractivity contribution in [2.75, 3.05) is 25.1 Å². The molecule has 1 aromatic carbocycles. The Hall–Kier alpha value is -1.99. The lowest BCUT2D eigenvalue weighted by molar-refractivity contribution is -0.385. The number of benzene rings is 1. The van der Waals surface area contributed by atoms with Gasteiger partial charge in [-0.25, -0.2) is 0 Å². The molecule has 0 aliphatic carbocycles. The van der Waals surface area contributed by atoms with Crippen molar-refractivity contribution in [2.45, 2.75) is 6.92 Å². The van der Waals surface area contributed by atoms with Gasteiger partial charge in [0.1, 0.15) is 6.61 Å². The van der Waals surface area contributed by atoms with Gasteiger partial charge < -0.3 is 15.8 Å². The number of nitro benzene ring substituents is 1. The number of hydrogen-bond acceptors (Lipinski definition) is 5. The standard InChI is InChI=1S/C11H15N3O4/c1-8-9(3-2-4-10(8)14(16)17)13-11(15)7-18-6-5-12/h2-4H,5-7,12H2,1H3,(H,13,15). The van der Waals surface area contributed by atoms with Gasteiger partial charge in [-0.05, 0) is 13.0 Å². The third-order valence-corrected chi connectivity index (χ3v) is 2.27. The molecule has 0 spiro atoms. The van der Waals surface area contributed by atoms with Crippen molar-refractivity contribution in [1.82, 2.24) is 0 Å². The molecule has 98 valence electrons. The lowest BCUT2D eigenvalue weighted by Crippen LogP contribution is -2.21. The van der Waals surface area contributed by atoms with Crippen LogP contribution in [0, 0.1) is 17.0 Å². The van der Waals surface area contributed by atoms with Gasteiger partial charge in [0.15, 0.2) is 0 Å². The number of rotatable bonds is 6. The first-order chi connectivity index (χ1) is 8.56. The molecule has 0 aliphatic heterocycles. The zero-order valence-electron chi connectivity index (χ0n) is 10.0. The molecule has 0 heterocycles. The van der Waals surface area contributed by atoms with Crippen LogP contribution >= 0.6 is 0 Å². The molecule has 18 heavy (non-hydrogen) atoms. The molecular formula is C11H15N3O4. The molecule has 0 bridgehead atoms. The summed E-state index contributed by atoms with van der Waals surface area (Å²) < 4.78 is 4.96. The number of nitrogens with zero attached hydrogens (tertiary/aromatic N) is 1. The highest BCUT2D eigenvalue weighted by molar-refractivity contribution is 5.93. The number of nitrogens with one attached hydrogen (secondary N) is 1. The summed E-state index contributed by atoms with van der Waals surface area (Å²) in [7, 11) is 0. The fraction of sp³-hybridized carbons (Fsp3) is 0.364. The zero-order chi connectivity index (χ0) is 13.5. The molecule has 7 heteroatoms. The van der Waals surface area contributed by atoms with Crippen molar-refractivity contribution in [3.63, 3.8) is 0 Å². The van der Waals surface area contributed by atoms with Gasteiger partial charge in [-0.15, -0.1) is 0 Å². The molecule has 0 fully saturated rings. The van der Waals surface area contributed by atoms with Crippen LogP contribution in [0.4, 0.5) is 11.4 Å². The fourth-order valence-corrected chi connectivity index (χ4v) is 1.39. The fourth-order valence-electron chi connectivity index (χ4n) is 1.39. The minimum Gasteiger partial charge on any atom is -0.370 e. The monoisotopic (exact) mass is 253 g/mol. The van der Waals surface area contributed by atoms with Crippen LogP contribution in [0.25, 0.3) is 0 Å². The highest BCUT2D eigenvalue weighted by Gasteiger charge is 2.14. The van der Waals surface area contributed by atoms with Crippen LogP contribution in [0.2, 0.25) is 0 Å². The van der Waals surface area contributed by atoms with Crippen LogP contribution in [0.1, 0.15) is 5.56 Å². The molecule has 3 N–H and O–H groups in total. The first-order valence-corrected chi connectivity index (χ1v) is 5.38. The third-order valence-electron chi connectivity index (χ3n) is 2.27. The summed E-state index contributed by atoms with van der Waals surface area (Å²) in [5.74, 6) is -0.368. The Morgan fingerprint density at radius 3 is 2.89 bits per heavy atom.